The minimum Gasteiger partial charge on any atom is -0.372 e. The van der Waals surface area contributed by atoms with Gasteiger partial charge in [0, 0.05) is 30.5 Å². The van der Waals surface area contributed by atoms with Crippen LogP contribution in [-0.2, 0) is 4.79 Å². The molecule has 1 amide bonds. The molecule has 0 bridgehead atoms. The third-order valence-electron chi connectivity index (χ3n) is 4.73. The highest BCUT2D eigenvalue weighted by molar-refractivity contribution is 6.01. The largest absolute Gasteiger partial charge is 0.372 e. The molecule has 2 heterocycles. The first-order valence-electron chi connectivity index (χ1n) is 9.34. The number of piperidine rings is 1. The maximum Gasteiger partial charge on any atom is 0.248 e. The Morgan fingerprint density at radius 2 is 1.70 bits per heavy atom. The van der Waals surface area contributed by atoms with Crippen molar-refractivity contribution in [2.24, 2.45) is 0 Å². The molecule has 136 valence electrons. The molecule has 0 unspecified atom stereocenters. The van der Waals surface area contributed by atoms with E-state index >= 15 is 0 Å². The SMILES string of the molecule is O=C(/C=C/c1cnc2ccccc2n1)Nc1ccc(N2CCCCC2)cc1. The van der Waals surface area contributed by atoms with Gasteiger partial charge in [-0.1, -0.05) is 12.1 Å². The first-order valence-corrected chi connectivity index (χ1v) is 9.34. The Kier molecular flexibility index (Phi) is 5.10. The van der Waals surface area contributed by atoms with Crippen molar-refractivity contribution >= 4 is 34.4 Å². The van der Waals surface area contributed by atoms with Crippen LogP contribution >= 0.6 is 0 Å². The van der Waals surface area contributed by atoms with E-state index in [0.29, 0.717) is 5.69 Å². The Bertz CT molecular complexity index is 959. The fourth-order valence-electron chi connectivity index (χ4n) is 3.30. The monoisotopic (exact) mass is 358 g/mol. The van der Waals surface area contributed by atoms with Gasteiger partial charge in [0.05, 0.1) is 22.9 Å². The van der Waals surface area contributed by atoms with Crippen LogP contribution in [0.15, 0.2) is 60.8 Å². The summed E-state index contributed by atoms with van der Waals surface area (Å²) in [4.78, 5) is 23.4. The van der Waals surface area contributed by atoms with Crippen molar-refractivity contribution in [2.75, 3.05) is 23.3 Å². The van der Waals surface area contributed by atoms with E-state index < -0.39 is 0 Å². The second kappa shape index (κ2) is 7.99. The molecule has 5 heteroatoms. The molecular weight excluding hydrogens is 336 g/mol. The number of hydrogen-bond acceptors (Lipinski definition) is 4. The summed E-state index contributed by atoms with van der Waals surface area (Å²) in [6.45, 7) is 2.22. The number of hydrogen-bond donors (Lipinski definition) is 1. The van der Waals surface area contributed by atoms with Gasteiger partial charge in [-0.2, -0.15) is 0 Å². The highest BCUT2D eigenvalue weighted by Crippen LogP contribution is 2.21. The quantitative estimate of drug-likeness (QED) is 0.708. The smallest absolute Gasteiger partial charge is 0.248 e. The predicted octanol–water partition coefficient (Wildman–Crippen LogP) is 4.27. The summed E-state index contributed by atoms with van der Waals surface area (Å²) in [5, 5.41) is 2.89. The van der Waals surface area contributed by atoms with Gasteiger partial charge in [0.2, 0.25) is 5.91 Å². The fourth-order valence-corrected chi connectivity index (χ4v) is 3.30. The third kappa shape index (κ3) is 4.31. The lowest BCUT2D eigenvalue weighted by atomic mass is 10.1. The number of nitrogens with zero attached hydrogens (tertiary/aromatic N) is 3. The molecule has 1 aliphatic rings. The first-order chi connectivity index (χ1) is 13.3. The number of benzene rings is 2. The minimum atomic E-state index is -0.185. The second-order valence-electron chi connectivity index (χ2n) is 6.70. The molecular formula is C22H22N4O. The summed E-state index contributed by atoms with van der Waals surface area (Å²) < 4.78 is 0. The molecule has 0 spiro atoms. The molecule has 0 saturated carbocycles. The van der Waals surface area contributed by atoms with Crippen LogP contribution in [0, 0.1) is 0 Å². The number of fused-ring (bicyclic) bond motifs is 1. The Balaban J connectivity index is 1.38. The minimum absolute atomic E-state index is 0.185. The maximum atomic E-state index is 12.2. The standard InChI is InChI=1S/C22H22N4O/c27-22(13-10-18-16-23-20-6-2-3-7-21(20)24-18)25-17-8-11-19(12-9-17)26-14-4-1-5-15-26/h2-3,6-13,16H,1,4-5,14-15H2,(H,25,27)/b13-10+. The summed E-state index contributed by atoms with van der Waals surface area (Å²) in [6.07, 6.45) is 8.65. The summed E-state index contributed by atoms with van der Waals surface area (Å²) in [5.74, 6) is -0.185. The van der Waals surface area contributed by atoms with Gasteiger partial charge in [0.1, 0.15) is 0 Å². The zero-order chi connectivity index (χ0) is 18.5. The van der Waals surface area contributed by atoms with Crippen molar-refractivity contribution < 1.29 is 4.79 Å². The lowest BCUT2D eigenvalue weighted by Crippen LogP contribution is -2.29. The summed E-state index contributed by atoms with van der Waals surface area (Å²) >= 11 is 0. The normalized spacial score (nSPS) is 14.6. The van der Waals surface area contributed by atoms with Crippen molar-refractivity contribution in [1.82, 2.24) is 9.97 Å². The van der Waals surface area contributed by atoms with Crippen LogP contribution < -0.4 is 10.2 Å². The number of aromatic nitrogens is 2. The molecule has 4 rings (SSSR count). The molecule has 0 aliphatic carbocycles. The molecule has 1 fully saturated rings. The van der Waals surface area contributed by atoms with Crippen molar-refractivity contribution in [3.05, 3.63) is 66.5 Å². The number of para-hydroxylation sites is 2. The van der Waals surface area contributed by atoms with E-state index in [4.69, 9.17) is 0 Å². The van der Waals surface area contributed by atoms with Crippen LogP contribution in [0.5, 0.6) is 0 Å². The molecule has 1 saturated heterocycles. The van der Waals surface area contributed by atoms with E-state index in [1.807, 2.05) is 36.4 Å². The van der Waals surface area contributed by atoms with Crippen LogP contribution in [0.3, 0.4) is 0 Å². The number of carbonyl (C=O) groups excluding carboxylic acids is 1. The van der Waals surface area contributed by atoms with Crippen molar-refractivity contribution in [3.63, 3.8) is 0 Å². The summed E-state index contributed by atoms with van der Waals surface area (Å²) in [6, 6.07) is 15.7. The molecule has 1 N–H and O–H groups in total. The van der Waals surface area contributed by atoms with E-state index in [2.05, 4.69) is 32.3 Å². The van der Waals surface area contributed by atoms with Gasteiger partial charge in [0.15, 0.2) is 0 Å². The molecule has 3 aromatic rings. The average molecular weight is 358 g/mol. The predicted molar refractivity (Wildman–Crippen MR) is 110 cm³/mol. The van der Waals surface area contributed by atoms with Crippen molar-refractivity contribution in [1.29, 1.82) is 0 Å². The van der Waals surface area contributed by atoms with Gasteiger partial charge in [-0.25, -0.2) is 4.98 Å². The molecule has 1 aromatic heterocycles. The summed E-state index contributed by atoms with van der Waals surface area (Å²) in [7, 11) is 0. The van der Waals surface area contributed by atoms with Crippen molar-refractivity contribution in [3.8, 4) is 0 Å². The third-order valence-corrected chi connectivity index (χ3v) is 4.73. The number of anilines is 2. The van der Waals surface area contributed by atoms with Crippen LogP contribution in [0.4, 0.5) is 11.4 Å². The Hall–Kier alpha value is -3.21. The van der Waals surface area contributed by atoms with E-state index in [-0.39, 0.29) is 5.91 Å². The number of nitrogens with one attached hydrogen (secondary N) is 1. The fraction of sp³-hybridized carbons (Fsp3) is 0.227. The highest BCUT2D eigenvalue weighted by atomic mass is 16.1. The van der Waals surface area contributed by atoms with Crippen LogP contribution in [0.2, 0.25) is 0 Å². The Morgan fingerprint density at radius 3 is 2.48 bits per heavy atom. The van der Waals surface area contributed by atoms with Gasteiger partial charge in [-0.05, 0) is 61.7 Å². The first kappa shape index (κ1) is 17.2. The Morgan fingerprint density at radius 1 is 0.963 bits per heavy atom. The van der Waals surface area contributed by atoms with E-state index in [1.54, 1.807) is 12.3 Å². The van der Waals surface area contributed by atoms with E-state index in [0.717, 1.165) is 29.8 Å². The maximum absolute atomic E-state index is 12.2. The van der Waals surface area contributed by atoms with Gasteiger partial charge in [-0.3, -0.25) is 9.78 Å². The van der Waals surface area contributed by atoms with Crippen LogP contribution in [0.1, 0.15) is 25.0 Å². The number of amides is 1. The van der Waals surface area contributed by atoms with E-state index in [1.165, 1.54) is 31.0 Å². The topological polar surface area (TPSA) is 58.1 Å². The number of carbonyl (C=O) groups is 1. The van der Waals surface area contributed by atoms with Gasteiger partial charge < -0.3 is 10.2 Å². The number of rotatable bonds is 4. The Labute approximate surface area is 158 Å². The zero-order valence-corrected chi connectivity index (χ0v) is 15.1. The van der Waals surface area contributed by atoms with Gasteiger partial charge in [-0.15, -0.1) is 0 Å². The second-order valence-corrected chi connectivity index (χ2v) is 6.70. The molecule has 27 heavy (non-hydrogen) atoms. The molecule has 2 aromatic carbocycles. The van der Waals surface area contributed by atoms with Crippen molar-refractivity contribution in [2.45, 2.75) is 19.3 Å². The molecule has 0 atom stereocenters. The highest BCUT2D eigenvalue weighted by Gasteiger charge is 2.10. The zero-order valence-electron chi connectivity index (χ0n) is 15.1. The molecule has 1 aliphatic heterocycles. The molecule has 0 radical (unpaired) electrons. The van der Waals surface area contributed by atoms with Gasteiger partial charge in [0.25, 0.3) is 0 Å². The average Bonchev–Trinajstić information content (AvgIpc) is 2.73. The van der Waals surface area contributed by atoms with Gasteiger partial charge >= 0.3 is 0 Å². The summed E-state index contributed by atoms with van der Waals surface area (Å²) in [5.41, 5.74) is 4.32. The van der Waals surface area contributed by atoms with Crippen LogP contribution in [0.25, 0.3) is 17.1 Å². The molecule has 5 nitrogen and oxygen atoms in total. The lowest BCUT2D eigenvalue weighted by molar-refractivity contribution is -0.111. The van der Waals surface area contributed by atoms with E-state index in [9.17, 15) is 4.79 Å². The van der Waals surface area contributed by atoms with Crippen LogP contribution in [-0.4, -0.2) is 29.0 Å². The lowest BCUT2D eigenvalue weighted by Gasteiger charge is -2.28.